The van der Waals surface area contributed by atoms with Crippen LogP contribution in [0.1, 0.15) is 19.3 Å². The van der Waals surface area contributed by atoms with E-state index in [1.807, 2.05) is 6.07 Å². The van der Waals surface area contributed by atoms with Crippen LogP contribution in [0.25, 0.3) is 0 Å². The van der Waals surface area contributed by atoms with Crippen molar-refractivity contribution in [1.82, 2.24) is 0 Å². The monoisotopic (exact) mass is 481 g/mol. The molecule has 2 aromatic carbocycles. The van der Waals surface area contributed by atoms with E-state index in [0.29, 0.717) is 11.5 Å². The molecule has 152 valence electrons. The van der Waals surface area contributed by atoms with Crippen LogP contribution in [0.3, 0.4) is 0 Å². The van der Waals surface area contributed by atoms with Crippen LogP contribution >= 0.6 is 27.2 Å². The molecule has 1 saturated heterocycles. The van der Waals surface area contributed by atoms with Crippen molar-refractivity contribution in [2.24, 2.45) is 0 Å². The van der Waals surface area contributed by atoms with Crippen molar-refractivity contribution in [2.75, 3.05) is 32.2 Å². The number of aromatic hydroxyl groups is 1. The molecule has 1 N–H and O–H groups in total. The van der Waals surface area contributed by atoms with Gasteiger partial charge in [-0.2, -0.15) is 0 Å². The zero-order chi connectivity index (χ0) is 20.5. The number of hydrogen-bond donors (Lipinski definition) is 1. The summed E-state index contributed by atoms with van der Waals surface area (Å²) in [5.74, 6) is 0.874. The van der Waals surface area contributed by atoms with Crippen molar-refractivity contribution in [3.8, 4) is 17.2 Å². The van der Waals surface area contributed by atoms with Crippen LogP contribution in [0.2, 0.25) is 0 Å². The minimum absolute atomic E-state index is 0.107. The molecule has 4 nitrogen and oxygen atoms in total. The number of phenolic OH excluding ortho intramolecular Hbond substituents is 1. The number of rotatable bonds is 5. The average Bonchev–Trinajstić information content (AvgIpc) is 2.72. The van der Waals surface area contributed by atoms with Crippen LogP contribution in [0.15, 0.2) is 30.3 Å². The van der Waals surface area contributed by atoms with Crippen molar-refractivity contribution in [2.45, 2.75) is 19.3 Å². The van der Waals surface area contributed by atoms with E-state index >= 15 is 0 Å². The Labute approximate surface area is 183 Å². The van der Waals surface area contributed by atoms with Crippen molar-refractivity contribution >= 4 is 43.5 Å². The quantitative estimate of drug-likeness (QED) is 0.502. The van der Waals surface area contributed by atoms with Gasteiger partial charge in [-0.3, -0.25) is 0 Å². The number of methoxy groups -OCH3 is 2. The van der Waals surface area contributed by atoms with Crippen LogP contribution < -0.4 is 25.0 Å². The molecule has 1 unspecified atom stereocenters. The molecular weight excluding hydrogens is 459 g/mol. The number of anilines is 1. The third-order valence-corrected chi connectivity index (χ3v) is 5.77. The summed E-state index contributed by atoms with van der Waals surface area (Å²) in [4.78, 5) is 2.24. The molecule has 0 bridgehead atoms. The van der Waals surface area contributed by atoms with Gasteiger partial charge in [0.15, 0.2) is 11.5 Å². The molecule has 1 heterocycles. The average molecular weight is 482 g/mol. The van der Waals surface area contributed by atoms with Crippen LogP contribution in [-0.4, -0.2) is 32.4 Å². The summed E-state index contributed by atoms with van der Waals surface area (Å²) in [6, 6.07) is 8.34. The normalized spacial score (nSPS) is 13.8. The van der Waals surface area contributed by atoms with Gasteiger partial charge in [0.2, 0.25) is 0 Å². The van der Waals surface area contributed by atoms with E-state index in [2.05, 4.69) is 4.90 Å². The molecule has 1 atom stereocenters. The molecule has 1 aliphatic rings. The summed E-state index contributed by atoms with van der Waals surface area (Å²) in [6.45, 7) is 1.88. The molecule has 9 heteroatoms. The van der Waals surface area contributed by atoms with Crippen molar-refractivity contribution in [3.63, 3.8) is 0 Å². The SMILES string of the molecule is COc1cc(OC)c(O)c(Pc2ccc(F)cc2N2CCCCC2)c1.[Cl][Ti][Cl]. The fraction of sp³-hybridized carbons (Fsp3) is 0.368. The van der Waals surface area contributed by atoms with Gasteiger partial charge in [0.25, 0.3) is 0 Å². The topological polar surface area (TPSA) is 41.9 Å². The molecule has 1 aliphatic heterocycles. The second kappa shape index (κ2) is 12.1. The van der Waals surface area contributed by atoms with Gasteiger partial charge >= 0.3 is 35.6 Å². The predicted molar refractivity (Wildman–Crippen MR) is 113 cm³/mol. The Morgan fingerprint density at radius 3 is 2.32 bits per heavy atom. The Morgan fingerprint density at radius 2 is 1.71 bits per heavy atom. The Balaban J connectivity index is 0.000000878. The molecule has 0 amide bonds. The number of piperidine rings is 1. The zero-order valence-corrected chi connectivity index (χ0v) is 19.8. The fourth-order valence-electron chi connectivity index (χ4n) is 3.10. The first kappa shape index (κ1) is 23.6. The summed E-state index contributed by atoms with van der Waals surface area (Å²) in [6.07, 6.45) is 3.46. The molecule has 0 radical (unpaired) electrons. The number of halogens is 3. The second-order valence-corrected chi connectivity index (χ2v) is 10.0. The predicted octanol–water partition coefficient (Wildman–Crippen LogP) is 4.54. The summed E-state index contributed by atoms with van der Waals surface area (Å²) < 4.78 is 24.4. The van der Waals surface area contributed by atoms with E-state index in [1.165, 1.54) is 19.6 Å². The van der Waals surface area contributed by atoms with Gasteiger partial charge in [-0.05, 0) is 43.5 Å². The summed E-state index contributed by atoms with van der Waals surface area (Å²) in [5, 5.41) is 12.2. The molecule has 0 aromatic heterocycles. The molecule has 3 rings (SSSR count). The zero-order valence-electron chi connectivity index (χ0n) is 15.8. The van der Waals surface area contributed by atoms with Gasteiger partial charge in [0.1, 0.15) is 11.6 Å². The van der Waals surface area contributed by atoms with E-state index in [9.17, 15) is 9.50 Å². The van der Waals surface area contributed by atoms with E-state index in [-0.39, 0.29) is 20.1 Å². The van der Waals surface area contributed by atoms with Crippen molar-refractivity contribution in [1.29, 1.82) is 0 Å². The van der Waals surface area contributed by atoms with E-state index in [0.717, 1.165) is 42.2 Å². The van der Waals surface area contributed by atoms with Crippen LogP contribution in [0.5, 0.6) is 17.2 Å². The van der Waals surface area contributed by atoms with Gasteiger partial charge in [-0.1, -0.05) is 8.58 Å². The maximum absolute atomic E-state index is 13.8. The maximum atomic E-state index is 13.8. The fourth-order valence-corrected chi connectivity index (χ4v) is 4.37. The second-order valence-electron chi connectivity index (χ2n) is 6.13. The van der Waals surface area contributed by atoms with Crippen LogP contribution in [0, 0.1) is 5.82 Å². The van der Waals surface area contributed by atoms with Crippen LogP contribution in [0.4, 0.5) is 10.1 Å². The van der Waals surface area contributed by atoms with Crippen molar-refractivity contribution in [3.05, 3.63) is 36.1 Å². The summed E-state index contributed by atoms with van der Waals surface area (Å²) in [5.41, 5.74) is 0.916. The van der Waals surface area contributed by atoms with Gasteiger partial charge in [0.05, 0.1) is 14.2 Å². The molecule has 28 heavy (non-hydrogen) atoms. The molecule has 2 aromatic rings. The van der Waals surface area contributed by atoms with E-state index in [1.54, 1.807) is 25.3 Å². The Hall–Kier alpha value is -0.706. The van der Waals surface area contributed by atoms with Gasteiger partial charge < -0.3 is 19.5 Å². The van der Waals surface area contributed by atoms with Gasteiger partial charge in [-0.25, -0.2) is 4.39 Å². The molecular formula is C19H23Cl2FNO3PTi. The Bertz CT molecular complexity index is 779. The number of benzene rings is 2. The summed E-state index contributed by atoms with van der Waals surface area (Å²) >= 11 is -0.556. The van der Waals surface area contributed by atoms with Crippen LogP contribution in [-0.2, 0) is 17.0 Å². The first-order valence-electron chi connectivity index (χ1n) is 8.76. The molecule has 1 fully saturated rings. The third kappa shape index (κ3) is 6.40. The number of phenols is 1. The van der Waals surface area contributed by atoms with Gasteiger partial charge in [-0.15, -0.1) is 0 Å². The van der Waals surface area contributed by atoms with Crippen molar-refractivity contribution < 1.29 is 36.0 Å². The molecule has 0 aliphatic carbocycles. The Morgan fingerprint density at radius 1 is 1.04 bits per heavy atom. The Kier molecular flexibility index (Phi) is 10.2. The standard InChI is InChI=1S/C19H23FNO3P.2ClH.Ti/c1-23-14-11-16(24-2)19(22)18(12-14)25-17-7-6-13(20)10-15(17)21-8-4-3-5-9-21;;;/h6-7,10-12,22,25H,3-5,8-9H2,1-2H3;2*1H;/q;;;+2/p-2. The molecule has 0 spiro atoms. The van der Waals surface area contributed by atoms with E-state index in [4.69, 9.17) is 28.1 Å². The van der Waals surface area contributed by atoms with Gasteiger partial charge in [0, 0.05) is 35.5 Å². The summed E-state index contributed by atoms with van der Waals surface area (Å²) in [7, 11) is 13.0. The third-order valence-electron chi connectivity index (χ3n) is 4.43. The first-order valence-corrected chi connectivity index (χ1v) is 14.1. The molecule has 0 saturated carbocycles. The first-order chi connectivity index (χ1) is 13.5. The number of hydrogen-bond acceptors (Lipinski definition) is 4. The minimum atomic E-state index is -0.556. The van der Waals surface area contributed by atoms with E-state index < -0.39 is 17.0 Å². The number of ether oxygens (including phenoxy) is 2. The number of nitrogens with zero attached hydrogens (tertiary/aromatic N) is 1.